The number of ether oxygens (including phenoxy) is 1. The average molecular weight is 322 g/mol. The van der Waals surface area contributed by atoms with Crippen molar-refractivity contribution in [2.24, 2.45) is 5.92 Å². The summed E-state index contributed by atoms with van der Waals surface area (Å²) in [4.78, 5) is 34.0. The van der Waals surface area contributed by atoms with Gasteiger partial charge in [-0.1, -0.05) is 12.8 Å². The Morgan fingerprint density at radius 1 is 1.48 bits per heavy atom. The van der Waals surface area contributed by atoms with Crippen LogP contribution < -0.4 is 10.1 Å². The van der Waals surface area contributed by atoms with Crippen molar-refractivity contribution in [1.29, 1.82) is 0 Å². The summed E-state index contributed by atoms with van der Waals surface area (Å²) >= 11 is 0. The van der Waals surface area contributed by atoms with Crippen molar-refractivity contribution in [2.45, 2.75) is 32.2 Å². The van der Waals surface area contributed by atoms with E-state index in [9.17, 15) is 24.8 Å². The summed E-state index contributed by atoms with van der Waals surface area (Å²) in [5, 5.41) is 22.7. The number of aliphatic carboxylic acids is 1. The second kappa shape index (κ2) is 6.64. The number of carboxylic acids is 1. The van der Waals surface area contributed by atoms with E-state index in [0.29, 0.717) is 17.9 Å². The van der Waals surface area contributed by atoms with Gasteiger partial charge in [0.2, 0.25) is 0 Å². The molecule has 1 aliphatic rings. The Bertz CT molecular complexity index is 654. The quantitative estimate of drug-likeness (QED) is 0.584. The molecule has 1 saturated carbocycles. The van der Waals surface area contributed by atoms with Crippen LogP contribution in [0.5, 0.6) is 5.75 Å². The molecule has 1 fully saturated rings. The summed E-state index contributed by atoms with van der Waals surface area (Å²) in [5.74, 6) is -1.25. The third-order valence-electron chi connectivity index (χ3n) is 3.88. The molecule has 1 aliphatic carbocycles. The van der Waals surface area contributed by atoms with Gasteiger partial charge in [0.15, 0.2) is 0 Å². The Morgan fingerprint density at radius 3 is 2.61 bits per heavy atom. The number of benzene rings is 1. The van der Waals surface area contributed by atoms with Crippen LogP contribution in [0.1, 0.15) is 35.2 Å². The van der Waals surface area contributed by atoms with Gasteiger partial charge in [0, 0.05) is 11.6 Å². The van der Waals surface area contributed by atoms with Crippen molar-refractivity contribution in [3.05, 3.63) is 33.4 Å². The molecule has 0 aromatic heterocycles. The molecular formula is C15H18N2O6. The Kier molecular flexibility index (Phi) is 4.83. The summed E-state index contributed by atoms with van der Waals surface area (Å²) in [6, 6.07) is 1.50. The normalized spacial score (nSPS) is 14.9. The molecule has 1 aromatic carbocycles. The van der Waals surface area contributed by atoms with Crippen LogP contribution in [0.3, 0.4) is 0 Å². The van der Waals surface area contributed by atoms with Gasteiger partial charge in [-0.2, -0.15) is 0 Å². The topological polar surface area (TPSA) is 119 Å². The Labute approximate surface area is 132 Å². The number of nitrogens with one attached hydrogen (secondary N) is 1. The first-order valence-corrected chi connectivity index (χ1v) is 7.20. The van der Waals surface area contributed by atoms with Crippen LogP contribution in [0, 0.1) is 23.0 Å². The van der Waals surface area contributed by atoms with Crippen molar-refractivity contribution in [3.63, 3.8) is 0 Å². The van der Waals surface area contributed by atoms with E-state index in [1.807, 2.05) is 0 Å². The Morgan fingerprint density at radius 2 is 2.13 bits per heavy atom. The molecule has 2 N–H and O–H groups in total. The number of hydrogen-bond acceptors (Lipinski definition) is 5. The maximum atomic E-state index is 12.3. The Balaban J connectivity index is 2.25. The molecule has 0 spiro atoms. The third kappa shape index (κ3) is 3.97. The van der Waals surface area contributed by atoms with Crippen LogP contribution >= 0.6 is 0 Å². The second-order valence-corrected chi connectivity index (χ2v) is 5.62. The lowest BCUT2D eigenvalue weighted by atomic mass is 10.1. The first kappa shape index (κ1) is 16.7. The highest BCUT2D eigenvalue weighted by atomic mass is 16.6. The van der Waals surface area contributed by atoms with Gasteiger partial charge in [0.1, 0.15) is 11.8 Å². The fraction of sp³-hybridized carbons (Fsp3) is 0.467. The summed E-state index contributed by atoms with van der Waals surface area (Å²) in [6.45, 7) is 1.52. The number of rotatable bonds is 7. The summed E-state index contributed by atoms with van der Waals surface area (Å²) in [6.07, 6.45) is 2.29. The van der Waals surface area contributed by atoms with Gasteiger partial charge in [-0.05, 0) is 25.3 Å². The van der Waals surface area contributed by atoms with Crippen LogP contribution in [0.15, 0.2) is 12.1 Å². The van der Waals surface area contributed by atoms with E-state index in [1.54, 1.807) is 0 Å². The molecule has 1 aromatic rings. The number of carbonyl (C=O) groups excluding carboxylic acids is 1. The van der Waals surface area contributed by atoms with Crippen LogP contribution in [-0.4, -0.2) is 35.1 Å². The fourth-order valence-electron chi connectivity index (χ4n) is 2.36. The van der Waals surface area contributed by atoms with Gasteiger partial charge >= 0.3 is 5.97 Å². The standard InChI is InChI=1S/C15H18N2O6/c1-8-12(17(21)22)6-10(7-13(8)23-2)14(18)16-11(15(19)20)5-9-3-4-9/h6-7,9,11H,3-5H2,1-2H3,(H,16,18)(H,19,20). The van der Waals surface area contributed by atoms with E-state index in [-0.39, 0.29) is 17.0 Å². The number of amides is 1. The van der Waals surface area contributed by atoms with Gasteiger partial charge in [-0.3, -0.25) is 14.9 Å². The first-order chi connectivity index (χ1) is 10.8. The van der Waals surface area contributed by atoms with E-state index >= 15 is 0 Å². The number of carboxylic acid groups (broad SMARTS) is 1. The molecular weight excluding hydrogens is 304 g/mol. The zero-order valence-electron chi connectivity index (χ0n) is 12.9. The molecule has 1 amide bonds. The number of nitro benzene ring substituents is 1. The van der Waals surface area contributed by atoms with Crippen LogP contribution in [0.25, 0.3) is 0 Å². The van der Waals surface area contributed by atoms with E-state index in [0.717, 1.165) is 18.9 Å². The summed E-state index contributed by atoms with van der Waals surface area (Å²) in [5.41, 5.74) is 0.0616. The van der Waals surface area contributed by atoms with Gasteiger partial charge < -0.3 is 15.2 Å². The van der Waals surface area contributed by atoms with Gasteiger partial charge in [0.25, 0.3) is 11.6 Å². The van der Waals surface area contributed by atoms with Gasteiger partial charge in [-0.25, -0.2) is 4.79 Å². The molecule has 2 rings (SSSR count). The van der Waals surface area contributed by atoms with Crippen molar-refractivity contribution in [1.82, 2.24) is 5.32 Å². The van der Waals surface area contributed by atoms with E-state index in [2.05, 4.69) is 5.32 Å². The SMILES string of the molecule is COc1cc(C(=O)NC(CC2CC2)C(=O)O)cc([N+](=O)[O-])c1C. The van der Waals surface area contributed by atoms with Crippen LogP contribution in [-0.2, 0) is 4.79 Å². The number of hydrogen-bond donors (Lipinski definition) is 2. The molecule has 0 saturated heterocycles. The zero-order valence-corrected chi connectivity index (χ0v) is 12.9. The lowest BCUT2D eigenvalue weighted by molar-refractivity contribution is -0.385. The maximum Gasteiger partial charge on any atom is 0.326 e. The lowest BCUT2D eigenvalue weighted by Crippen LogP contribution is -2.41. The van der Waals surface area contributed by atoms with Crippen molar-refractivity contribution in [3.8, 4) is 5.75 Å². The molecule has 0 heterocycles. The van der Waals surface area contributed by atoms with Crippen molar-refractivity contribution in [2.75, 3.05) is 7.11 Å². The number of methoxy groups -OCH3 is 1. The molecule has 1 atom stereocenters. The molecule has 0 radical (unpaired) electrons. The number of nitro groups is 1. The molecule has 0 aliphatic heterocycles. The summed E-state index contributed by atoms with van der Waals surface area (Å²) in [7, 11) is 1.35. The summed E-state index contributed by atoms with van der Waals surface area (Å²) < 4.78 is 5.05. The largest absolute Gasteiger partial charge is 0.496 e. The highest BCUT2D eigenvalue weighted by molar-refractivity contribution is 5.97. The van der Waals surface area contributed by atoms with Crippen LogP contribution in [0.4, 0.5) is 5.69 Å². The van der Waals surface area contributed by atoms with Crippen molar-refractivity contribution < 1.29 is 24.4 Å². The predicted molar refractivity (Wildman–Crippen MR) is 80.6 cm³/mol. The van der Waals surface area contributed by atoms with Gasteiger partial charge in [0.05, 0.1) is 17.6 Å². The maximum absolute atomic E-state index is 12.3. The van der Waals surface area contributed by atoms with E-state index < -0.39 is 22.8 Å². The smallest absolute Gasteiger partial charge is 0.326 e. The number of nitrogens with zero attached hydrogens (tertiary/aromatic N) is 1. The minimum Gasteiger partial charge on any atom is -0.496 e. The average Bonchev–Trinajstić information content (AvgIpc) is 3.30. The molecule has 124 valence electrons. The molecule has 8 heteroatoms. The highest BCUT2D eigenvalue weighted by Crippen LogP contribution is 2.34. The van der Waals surface area contributed by atoms with Gasteiger partial charge in [-0.15, -0.1) is 0 Å². The monoisotopic (exact) mass is 322 g/mol. The lowest BCUT2D eigenvalue weighted by Gasteiger charge is -2.15. The van der Waals surface area contributed by atoms with Crippen LogP contribution in [0.2, 0.25) is 0 Å². The van der Waals surface area contributed by atoms with E-state index in [4.69, 9.17) is 4.74 Å². The molecule has 8 nitrogen and oxygen atoms in total. The Hall–Kier alpha value is -2.64. The van der Waals surface area contributed by atoms with E-state index in [1.165, 1.54) is 20.1 Å². The number of carbonyl (C=O) groups is 2. The minimum absolute atomic E-state index is 0.00111. The third-order valence-corrected chi connectivity index (χ3v) is 3.88. The fourth-order valence-corrected chi connectivity index (χ4v) is 2.36. The highest BCUT2D eigenvalue weighted by Gasteiger charge is 2.31. The second-order valence-electron chi connectivity index (χ2n) is 5.62. The predicted octanol–water partition coefficient (Wildman–Crippen LogP) is 1.89. The molecule has 0 bridgehead atoms. The zero-order chi connectivity index (χ0) is 17.1. The minimum atomic E-state index is -1.11. The molecule has 23 heavy (non-hydrogen) atoms. The first-order valence-electron chi connectivity index (χ1n) is 7.20. The molecule has 1 unspecified atom stereocenters. The van der Waals surface area contributed by atoms with Crippen molar-refractivity contribution >= 4 is 17.6 Å².